The number of sulfone groups is 1. The summed E-state index contributed by atoms with van der Waals surface area (Å²) in [4.78, 5) is 11.8. The number of fused-ring (bicyclic) bond motifs is 3. The summed E-state index contributed by atoms with van der Waals surface area (Å²) >= 11 is 7.06. The lowest BCUT2D eigenvalue weighted by atomic mass is 10.2. The van der Waals surface area contributed by atoms with Gasteiger partial charge in [0.25, 0.3) is 0 Å². The first-order valence-electron chi connectivity index (χ1n) is 13.8. The monoisotopic (exact) mass is 722 g/mol. The zero-order valence-electron chi connectivity index (χ0n) is 23.9. The van der Waals surface area contributed by atoms with Gasteiger partial charge in [0.05, 0.1) is 29.9 Å². The molecule has 4 aromatic rings. The summed E-state index contributed by atoms with van der Waals surface area (Å²) in [5, 5.41) is 15.7. The van der Waals surface area contributed by atoms with E-state index in [1.54, 1.807) is 12.1 Å². The number of rotatable bonds is 12. The summed E-state index contributed by atoms with van der Waals surface area (Å²) in [7, 11) is -3.73. The number of nitrogens with zero attached hydrogens (tertiary/aromatic N) is 1. The van der Waals surface area contributed by atoms with E-state index in [1.165, 1.54) is 12.1 Å². The Morgan fingerprint density at radius 3 is 2.10 bits per heavy atom. The van der Waals surface area contributed by atoms with Crippen LogP contribution in [-0.2, 0) is 21.1 Å². The van der Waals surface area contributed by atoms with Crippen molar-refractivity contribution in [2.45, 2.75) is 63.2 Å². The number of hydrogen-bond acceptors (Lipinski definition) is 6. The van der Waals surface area contributed by atoms with Crippen molar-refractivity contribution in [1.29, 1.82) is 0 Å². The fourth-order valence-electron chi connectivity index (χ4n) is 4.70. The summed E-state index contributed by atoms with van der Waals surface area (Å²) in [5.41, 5.74) is 1.32. The predicted molar refractivity (Wildman–Crippen MR) is 173 cm³/mol. The highest BCUT2D eigenvalue weighted by atomic mass is 79.9. The van der Waals surface area contributed by atoms with Crippen LogP contribution in [0.15, 0.2) is 74.5 Å². The third kappa shape index (κ3) is 8.72. The molecule has 3 aromatic carbocycles. The third-order valence-electron chi connectivity index (χ3n) is 6.54. The molecule has 0 bridgehead atoms. The minimum Gasteiger partial charge on any atom is -0.494 e. The quantitative estimate of drug-likeness (QED) is 0.150. The standard InChI is InChI=1S/C31H36Br2N2O6S/c1-31(2,3)41-30(37)34-15-5-4-6-16-40-24-9-11-25(12-10-24)42(38,39)20-23(36)19-35-28-13-7-21(32)17-26(28)27-18-22(33)8-14-29(27)35/h7-14,17-18,23,36H,4-6,15-16,19-20H2,1-3H3,(H,34,37). The van der Waals surface area contributed by atoms with Crippen molar-refractivity contribution in [3.63, 3.8) is 0 Å². The molecular weight excluding hydrogens is 688 g/mol. The molecular formula is C31H36Br2N2O6S. The van der Waals surface area contributed by atoms with E-state index in [1.807, 2.05) is 61.7 Å². The van der Waals surface area contributed by atoms with Crippen LogP contribution in [0.4, 0.5) is 4.79 Å². The number of carbonyl (C=O) groups is 1. The Hall–Kier alpha value is -2.60. The van der Waals surface area contributed by atoms with Crippen LogP contribution in [0.2, 0.25) is 0 Å². The molecule has 1 atom stereocenters. The summed E-state index contributed by atoms with van der Waals surface area (Å²) in [6, 6.07) is 18.1. The van der Waals surface area contributed by atoms with Crippen molar-refractivity contribution in [2.75, 3.05) is 18.9 Å². The number of ether oxygens (including phenoxy) is 2. The first-order chi connectivity index (χ1) is 19.8. The molecule has 0 spiro atoms. The number of carbonyl (C=O) groups excluding carboxylic acids is 1. The van der Waals surface area contributed by atoms with E-state index < -0.39 is 33.4 Å². The molecule has 0 saturated heterocycles. The van der Waals surface area contributed by atoms with Crippen LogP contribution in [0.25, 0.3) is 21.8 Å². The Bertz CT molecular complexity index is 1590. The second-order valence-electron chi connectivity index (χ2n) is 11.2. The van der Waals surface area contributed by atoms with Crippen molar-refractivity contribution >= 4 is 69.6 Å². The molecule has 0 aliphatic heterocycles. The van der Waals surface area contributed by atoms with Gasteiger partial charge in [0.15, 0.2) is 9.84 Å². The zero-order chi connectivity index (χ0) is 30.5. The van der Waals surface area contributed by atoms with Gasteiger partial charge in [-0.25, -0.2) is 13.2 Å². The number of alkyl carbamates (subject to hydrolysis) is 1. The van der Waals surface area contributed by atoms with Crippen molar-refractivity contribution in [3.8, 4) is 5.75 Å². The fraction of sp³-hybridized carbons (Fsp3) is 0.387. The molecule has 0 radical (unpaired) electrons. The Kier molecular flexibility index (Phi) is 10.6. The number of amides is 1. The van der Waals surface area contributed by atoms with Gasteiger partial charge in [-0.2, -0.15) is 0 Å². The smallest absolute Gasteiger partial charge is 0.407 e. The molecule has 0 saturated carbocycles. The molecule has 0 fully saturated rings. The normalized spacial score (nSPS) is 12.9. The van der Waals surface area contributed by atoms with Crippen LogP contribution in [0, 0.1) is 0 Å². The van der Waals surface area contributed by atoms with Crippen molar-refractivity contribution in [1.82, 2.24) is 9.88 Å². The SMILES string of the molecule is CC(C)(C)OC(=O)NCCCCCOc1ccc(S(=O)(=O)CC(O)Cn2c3ccc(Br)cc3c3cc(Br)ccc32)cc1. The Morgan fingerprint density at radius 2 is 1.52 bits per heavy atom. The first-order valence-corrected chi connectivity index (χ1v) is 17.0. The number of hydrogen-bond donors (Lipinski definition) is 2. The van der Waals surface area contributed by atoms with E-state index in [2.05, 4.69) is 37.2 Å². The molecule has 4 rings (SSSR count). The van der Waals surface area contributed by atoms with Crippen molar-refractivity contribution in [2.24, 2.45) is 0 Å². The summed E-state index contributed by atoms with van der Waals surface area (Å²) in [6.07, 6.45) is 0.919. The maximum absolute atomic E-state index is 13.1. The van der Waals surface area contributed by atoms with Crippen LogP contribution >= 0.6 is 31.9 Å². The number of benzene rings is 3. The Balaban J connectivity index is 1.29. The van der Waals surface area contributed by atoms with Crippen LogP contribution < -0.4 is 10.1 Å². The van der Waals surface area contributed by atoms with Gasteiger partial charge in [0.2, 0.25) is 0 Å². The second-order valence-corrected chi connectivity index (χ2v) is 15.0. The molecule has 1 aromatic heterocycles. The highest BCUT2D eigenvalue weighted by molar-refractivity contribution is 9.10. The van der Waals surface area contributed by atoms with Gasteiger partial charge >= 0.3 is 6.09 Å². The molecule has 0 aliphatic rings. The highest BCUT2D eigenvalue weighted by Crippen LogP contribution is 2.33. The third-order valence-corrected chi connectivity index (χ3v) is 9.34. The Morgan fingerprint density at radius 1 is 0.929 bits per heavy atom. The van der Waals surface area contributed by atoms with Gasteiger partial charge in [0, 0.05) is 37.3 Å². The Labute approximate surface area is 263 Å². The first kappa shape index (κ1) is 32.3. The van der Waals surface area contributed by atoms with Gasteiger partial charge in [-0.3, -0.25) is 0 Å². The highest BCUT2D eigenvalue weighted by Gasteiger charge is 2.22. The van der Waals surface area contributed by atoms with E-state index in [9.17, 15) is 18.3 Å². The number of aliphatic hydroxyl groups is 1. The number of aliphatic hydroxyl groups excluding tert-OH is 1. The molecule has 0 aliphatic carbocycles. The minimum atomic E-state index is -3.73. The predicted octanol–water partition coefficient (Wildman–Crippen LogP) is 7.23. The average Bonchev–Trinajstić information content (AvgIpc) is 3.18. The maximum atomic E-state index is 13.1. The van der Waals surface area contributed by atoms with Crippen molar-refractivity contribution in [3.05, 3.63) is 69.6 Å². The molecule has 8 nitrogen and oxygen atoms in total. The number of nitrogens with one attached hydrogen (secondary N) is 1. The van der Waals surface area contributed by atoms with E-state index in [4.69, 9.17) is 9.47 Å². The van der Waals surface area contributed by atoms with E-state index in [-0.39, 0.29) is 11.4 Å². The van der Waals surface area contributed by atoms with Crippen LogP contribution in [0.1, 0.15) is 40.0 Å². The molecule has 1 amide bonds. The van der Waals surface area contributed by atoms with Crippen LogP contribution in [0.3, 0.4) is 0 Å². The molecule has 1 unspecified atom stereocenters. The van der Waals surface area contributed by atoms with E-state index in [0.717, 1.165) is 50.0 Å². The second kappa shape index (κ2) is 13.8. The van der Waals surface area contributed by atoms with Gasteiger partial charge in [-0.15, -0.1) is 0 Å². The van der Waals surface area contributed by atoms with E-state index >= 15 is 0 Å². The van der Waals surface area contributed by atoms with Gasteiger partial charge in [-0.1, -0.05) is 31.9 Å². The largest absolute Gasteiger partial charge is 0.494 e. The molecule has 2 N–H and O–H groups in total. The molecule has 226 valence electrons. The number of aromatic nitrogens is 1. The lowest BCUT2D eigenvalue weighted by Gasteiger charge is -2.19. The lowest BCUT2D eigenvalue weighted by molar-refractivity contribution is 0.0527. The number of halogens is 2. The summed E-state index contributed by atoms with van der Waals surface area (Å²) < 4.78 is 41.1. The zero-order valence-corrected chi connectivity index (χ0v) is 27.9. The average molecular weight is 725 g/mol. The fourth-order valence-corrected chi connectivity index (χ4v) is 6.78. The van der Waals surface area contributed by atoms with Gasteiger partial charge in [0.1, 0.15) is 11.4 Å². The minimum absolute atomic E-state index is 0.136. The maximum Gasteiger partial charge on any atom is 0.407 e. The molecule has 1 heterocycles. The van der Waals surface area contributed by atoms with Gasteiger partial charge < -0.3 is 24.5 Å². The van der Waals surface area contributed by atoms with Gasteiger partial charge in [-0.05, 0) is 101 Å². The van der Waals surface area contributed by atoms with E-state index in [0.29, 0.717) is 18.9 Å². The number of unbranched alkanes of at least 4 members (excludes halogenated alkanes) is 2. The van der Waals surface area contributed by atoms with Crippen LogP contribution in [-0.4, -0.2) is 54.8 Å². The van der Waals surface area contributed by atoms with Crippen molar-refractivity contribution < 1.29 is 27.8 Å². The lowest BCUT2D eigenvalue weighted by Crippen LogP contribution is -2.33. The molecule has 42 heavy (non-hydrogen) atoms. The summed E-state index contributed by atoms with van der Waals surface area (Å²) in [6.45, 7) is 6.60. The molecule has 11 heteroatoms. The van der Waals surface area contributed by atoms with Crippen LogP contribution in [0.5, 0.6) is 5.75 Å². The summed E-state index contributed by atoms with van der Waals surface area (Å²) in [5.74, 6) is 0.169. The topological polar surface area (TPSA) is 107 Å².